The third kappa shape index (κ3) is 4.79. The van der Waals surface area contributed by atoms with E-state index in [2.05, 4.69) is 47.7 Å². The minimum absolute atomic E-state index is 0.154. The van der Waals surface area contributed by atoms with Gasteiger partial charge in [-0.1, -0.05) is 17.7 Å². The van der Waals surface area contributed by atoms with E-state index in [-0.39, 0.29) is 5.75 Å². The van der Waals surface area contributed by atoms with Gasteiger partial charge in [-0.05, 0) is 80.8 Å². The molecule has 0 saturated carbocycles. The molecule has 0 spiro atoms. The van der Waals surface area contributed by atoms with Gasteiger partial charge in [0.2, 0.25) is 0 Å². The number of thiocarbonyl (C=S) groups is 1. The zero-order valence-electron chi connectivity index (χ0n) is 11.6. The number of phenolic OH excluding ortho intramolecular Hbond substituents is 1. The van der Waals surface area contributed by atoms with E-state index in [9.17, 15) is 5.11 Å². The summed E-state index contributed by atoms with van der Waals surface area (Å²) in [5.41, 5.74) is 5.63. The summed E-state index contributed by atoms with van der Waals surface area (Å²) in [4.78, 5) is 0. The molecule has 0 saturated heterocycles. The zero-order chi connectivity index (χ0) is 16.1. The predicted molar refractivity (Wildman–Crippen MR) is 102 cm³/mol. The highest BCUT2D eigenvalue weighted by Crippen LogP contribution is 2.32. The van der Waals surface area contributed by atoms with E-state index < -0.39 is 0 Å². The van der Waals surface area contributed by atoms with E-state index in [0.29, 0.717) is 14.1 Å². The molecule has 0 heterocycles. The van der Waals surface area contributed by atoms with Crippen LogP contribution < -0.4 is 10.7 Å². The number of halogens is 2. The molecule has 0 atom stereocenters. The maximum absolute atomic E-state index is 9.64. The minimum atomic E-state index is 0.154. The van der Waals surface area contributed by atoms with Gasteiger partial charge >= 0.3 is 0 Å². The number of aromatic hydroxyl groups is 1. The van der Waals surface area contributed by atoms with Crippen molar-refractivity contribution in [3.63, 3.8) is 0 Å². The summed E-state index contributed by atoms with van der Waals surface area (Å²) in [6.07, 6.45) is 1.61. The smallest absolute Gasteiger partial charge is 0.191 e. The van der Waals surface area contributed by atoms with E-state index in [1.54, 1.807) is 18.3 Å². The lowest BCUT2D eigenvalue weighted by atomic mass is 10.2. The van der Waals surface area contributed by atoms with Crippen LogP contribution in [0.2, 0.25) is 0 Å². The molecular formula is C15H13Br2N3OS. The molecule has 0 fully saturated rings. The molecule has 114 valence electrons. The van der Waals surface area contributed by atoms with Gasteiger partial charge in [0.1, 0.15) is 5.75 Å². The van der Waals surface area contributed by atoms with Crippen molar-refractivity contribution >= 4 is 61.1 Å². The number of rotatable bonds is 3. The Morgan fingerprint density at radius 2 is 1.77 bits per heavy atom. The van der Waals surface area contributed by atoms with Gasteiger partial charge in [-0.25, -0.2) is 0 Å². The van der Waals surface area contributed by atoms with Gasteiger partial charge in [0, 0.05) is 5.69 Å². The van der Waals surface area contributed by atoms with Crippen LogP contribution in [0.3, 0.4) is 0 Å². The summed E-state index contributed by atoms with van der Waals surface area (Å²) in [7, 11) is 0. The van der Waals surface area contributed by atoms with E-state index in [4.69, 9.17) is 12.2 Å². The molecule has 0 aliphatic carbocycles. The minimum Gasteiger partial charge on any atom is -0.506 e. The van der Waals surface area contributed by atoms with Gasteiger partial charge in [-0.15, -0.1) is 0 Å². The summed E-state index contributed by atoms with van der Waals surface area (Å²) in [6.45, 7) is 2.03. The van der Waals surface area contributed by atoms with Crippen molar-refractivity contribution in [3.05, 3.63) is 56.5 Å². The highest BCUT2D eigenvalue weighted by Gasteiger charge is 2.04. The van der Waals surface area contributed by atoms with Crippen molar-refractivity contribution in [1.82, 2.24) is 5.43 Å². The fraction of sp³-hybridized carbons (Fsp3) is 0.0667. The van der Waals surface area contributed by atoms with Gasteiger partial charge in [0.05, 0.1) is 15.2 Å². The second-order valence-corrected chi connectivity index (χ2v) is 6.64. The first-order valence-corrected chi connectivity index (χ1v) is 8.30. The third-order valence-corrected chi connectivity index (χ3v) is 4.13. The highest BCUT2D eigenvalue weighted by molar-refractivity contribution is 9.11. The van der Waals surface area contributed by atoms with Crippen LogP contribution in [0, 0.1) is 6.92 Å². The monoisotopic (exact) mass is 441 g/mol. The molecular weight excluding hydrogens is 430 g/mol. The molecule has 0 aromatic heterocycles. The number of phenols is 1. The lowest BCUT2D eigenvalue weighted by Gasteiger charge is -2.07. The van der Waals surface area contributed by atoms with Crippen LogP contribution >= 0.6 is 44.1 Å². The highest BCUT2D eigenvalue weighted by atomic mass is 79.9. The second kappa shape index (κ2) is 7.71. The van der Waals surface area contributed by atoms with Crippen LogP contribution in [-0.2, 0) is 0 Å². The van der Waals surface area contributed by atoms with Gasteiger partial charge in [-0.3, -0.25) is 5.43 Å². The molecule has 3 N–H and O–H groups in total. The molecule has 0 amide bonds. The number of benzene rings is 2. The van der Waals surface area contributed by atoms with E-state index in [1.165, 1.54) is 5.56 Å². The van der Waals surface area contributed by atoms with Crippen molar-refractivity contribution in [1.29, 1.82) is 0 Å². The van der Waals surface area contributed by atoms with Crippen LogP contribution in [0.5, 0.6) is 5.75 Å². The number of hydrogen-bond donors (Lipinski definition) is 3. The Morgan fingerprint density at radius 3 is 2.36 bits per heavy atom. The summed E-state index contributed by atoms with van der Waals surface area (Å²) in [6, 6.07) is 11.4. The second-order valence-electron chi connectivity index (χ2n) is 4.52. The predicted octanol–water partition coefficient (Wildman–Crippen LogP) is 4.55. The number of nitrogens with one attached hydrogen (secondary N) is 2. The number of nitrogens with zero attached hydrogens (tertiary/aromatic N) is 1. The van der Waals surface area contributed by atoms with Crippen LogP contribution in [0.4, 0.5) is 5.69 Å². The standard InChI is InChI=1S/C15H13Br2N3OS/c1-9-2-4-11(5-3-9)19-15(22)20-18-8-10-6-12(16)14(21)13(17)7-10/h2-8,21H,1H3,(H2,19,20,22)/b18-8+. The lowest BCUT2D eigenvalue weighted by molar-refractivity contribution is 0.468. The van der Waals surface area contributed by atoms with Crippen molar-refractivity contribution in [2.45, 2.75) is 6.92 Å². The topological polar surface area (TPSA) is 56.7 Å². The van der Waals surface area contributed by atoms with Crippen molar-refractivity contribution < 1.29 is 5.11 Å². The molecule has 22 heavy (non-hydrogen) atoms. The molecule has 0 unspecified atom stereocenters. The largest absolute Gasteiger partial charge is 0.506 e. The first-order chi connectivity index (χ1) is 10.5. The molecule has 0 bridgehead atoms. The first-order valence-electron chi connectivity index (χ1n) is 6.30. The first kappa shape index (κ1) is 16.9. The quantitative estimate of drug-likeness (QED) is 0.371. The Hall–Kier alpha value is -1.44. The zero-order valence-corrected chi connectivity index (χ0v) is 15.6. The van der Waals surface area contributed by atoms with E-state index in [0.717, 1.165) is 11.3 Å². The maximum atomic E-state index is 9.64. The van der Waals surface area contributed by atoms with E-state index in [1.807, 2.05) is 31.2 Å². The molecule has 0 aliphatic heterocycles. The van der Waals surface area contributed by atoms with Crippen molar-refractivity contribution in [3.8, 4) is 5.75 Å². The molecule has 0 radical (unpaired) electrons. The Kier molecular flexibility index (Phi) is 5.93. The summed E-state index contributed by atoms with van der Waals surface area (Å²) >= 11 is 11.7. The molecule has 0 aliphatic rings. The normalized spacial score (nSPS) is 10.7. The number of hydrazone groups is 1. The van der Waals surface area contributed by atoms with Crippen LogP contribution in [-0.4, -0.2) is 16.4 Å². The fourth-order valence-electron chi connectivity index (χ4n) is 1.62. The molecule has 2 aromatic rings. The lowest BCUT2D eigenvalue weighted by Crippen LogP contribution is -2.23. The molecule has 7 heteroatoms. The van der Waals surface area contributed by atoms with Gasteiger partial charge < -0.3 is 10.4 Å². The number of aryl methyl sites for hydroxylation is 1. The number of hydrogen-bond acceptors (Lipinski definition) is 3. The Labute approximate surface area is 150 Å². The molecule has 4 nitrogen and oxygen atoms in total. The van der Waals surface area contributed by atoms with E-state index >= 15 is 0 Å². The van der Waals surface area contributed by atoms with Crippen LogP contribution in [0.25, 0.3) is 0 Å². The molecule has 2 aromatic carbocycles. The average molecular weight is 443 g/mol. The van der Waals surface area contributed by atoms with Gasteiger partial charge in [-0.2, -0.15) is 5.10 Å². The van der Waals surface area contributed by atoms with Crippen LogP contribution in [0.15, 0.2) is 50.4 Å². The van der Waals surface area contributed by atoms with Crippen LogP contribution in [0.1, 0.15) is 11.1 Å². The number of anilines is 1. The summed E-state index contributed by atoms with van der Waals surface area (Å²) in [5, 5.41) is 17.1. The fourth-order valence-corrected chi connectivity index (χ4v) is 3.01. The van der Waals surface area contributed by atoms with Gasteiger partial charge in [0.15, 0.2) is 5.11 Å². The SMILES string of the molecule is Cc1ccc(NC(=S)N/N=C/c2cc(Br)c(O)c(Br)c2)cc1. The van der Waals surface area contributed by atoms with Gasteiger partial charge in [0.25, 0.3) is 0 Å². The van der Waals surface area contributed by atoms with Crippen molar-refractivity contribution in [2.24, 2.45) is 5.10 Å². The Morgan fingerprint density at radius 1 is 1.18 bits per heavy atom. The maximum Gasteiger partial charge on any atom is 0.191 e. The Balaban J connectivity index is 1.94. The Bertz CT molecular complexity index is 694. The average Bonchev–Trinajstić information content (AvgIpc) is 2.47. The summed E-state index contributed by atoms with van der Waals surface area (Å²) in [5.74, 6) is 0.154. The molecule has 2 rings (SSSR count). The summed E-state index contributed by atoms with van der Waals surface area (Å²) < 4.78 is 1.17. The van der Waals surface area contributed by atoms with Crippen molar-refractivity contribution in [2.75, 3.05) is 5.32 Å². The third-order valence-electron chi connectivity index (χ3n) is 2.73.